The van der Waals surface area contributed by atoms with Gasteiger partial charge in [0, 0.05) is 15.6 Å². The van der Waals surface area contributed by atoms with E-state index >= 15 is 0 Å². The van der Waals surface area contributed by atoms with E-state index in [9.17, 15) is 9.59 Å². The first-order valence-electron chi connectivity index (χ1n) is 7.87. The zero-order valence-electron chi connectivity index (χ0n) is 13.4. The summed E-state index contributed by atoms with van der Waals surface area (Å²) in [7, 11) is 0. The standard InChI is InChI=1S/C20H17IN2O2/c21-17-8-4-3-7-15(17)12-18(19(22)24)23-20(25)16-10-9-13-5-1-2-6-14(13)11-16/h1-11,18H,12H2,(H2,22,24)(H,23,25)/t18-/m0/s1. The Balaban J connectivity index is 1.80. The summed E-state index contributed by atoms with van der Waals surface area (Å²) < 4.78 is 1.03. The van der Waals surface area contributed by atoms with Gasteiger partial charge in [-0.2, -0.15) is 0 Å². The number of halogens is 1. The highest BCUT2D eigenvalue weighted by Gasteiger charge is 2.20. The molecule has 0 heterocycles. The molecule has 2 amide bonds. The van der Waals surface area contributed by atoms with Gasteiger partial charge < -0.3 is 11.1 Å². The highest BCUT2D eigenvalue weighted by molar-refractivity contribution is 14.1. The van der Waals surface area contributed by atoms with E-state index in [1.807, 2.05) is 60.7 Å². The fourth-order valence-electron chi connectivity index (χ4n) is 2.68. The molecule has 3 N–H and O–H groups in total. The van der Waals surface area contributed by atoms with Crippen LogP contribution in [-0.4, -0.2) is 17.9 Å². The van der Waals surface area contributed by atoms with Crippen LogP contribution in [0, 0.1) is 3.57 Å². The Hall–Kier alpha value is -2.41. The number of nitrogens with one attached hydrogen (secondary N) is 1. The second-order valence-corrected chi connectivity index (χ2v) is 6.95. The third-order valence-corrected chi connectivity index (χ3v) is 5.09. The van der Waals surface area contributed by atoms with Gasteiger partial charge in [-0.3, -0.25) is 9.59 Å². The van der Waals surface area contributed by atoms with Crippen molar-refractivity contribution in [3.05, 3.63) is 81.4 Å². The van der Waals surface area contributed by atoms with Gasteiger partial charge in [-0.25, -0.2) is 0 Å². The Morgan fingerprint density at radius 2 is 1.64 bits per heavy atom. The topological polar surface area (TPSA) is 72.2 Å². The molecule has 0 radical (unpaired) electrons. The van der Waals surface area contributed by atoms with Crippen LogP contribution < -0.4 is 11.1 Å². The zero-order valence-corrected chi connectivity index (χ0v) is 15.6. The largest absolute Gasteiger partial charge is 0.368 e. The second kappa shape index (κ2) is 7.65. The molecular formula is C20H17IN2O2. The van der Waals surface area contributed by atoms with Gasteiger partial charge in [0.15, 0.2) is 0 Å². The fourth-order valence-corrected chi connectivity index (χ4v) is 3.29. The fraction of sp³-hybridized carbons (Fsp3) is 0.100. The number of rotatable bonds is 5. The predicted molar refractivity (Wildman–Crippen MR) is 107 cm³/mol. The van der Waals surface area contributed by atoms with Gasteiger partial charge in [-0.1, -0.05) is 48.5 Å². The molecule has 0 unspecified atom stereocenters. The van der Waals surface area contributed by atoms with Gasteiger partial charge in [0.1, 0.15) is 6.04 Å². The van der Waals surface area contributed by atoms with Crippen LogP contribution in [0.2, 0.25) is 0 Å². The van der Waals surface area contributed by atoms with E-state index in [4.69, 9.17) is 5.73 Å². The molecule has 0 aliphatic heterocycles. The third-order valence-electron chi connectivity index (χ3n) is 4.04. The van der Waals surface area contributed by atoms with Gasteiger partial charge >= 0.3 is 0 Å². The van der Waals surface area contributed by atoms with E-state index in [0.29, 0.717) is 12.0 Å². The van der Waals surface area contributed by atoms with Crippen LogP contribution in [-0.2, 0) is 11.2 Å². The lowest BCUT2D eigenvalue weighted by Crippen LogP contribution is -2.46. The molecule has 0 fully saturated rings. The molecule has 0 saturated heterocycles. The van der Waals surface area contributed by atoms with Gasteiger partial charge in [-0.05, 0) is 57.1 Å². The molecule has 3 rings (SSSR count). The van der Waals surface area contributed by atoms with Crippen LogP contribution in [0.5, 0.6) is 0 Å². The maximum Gasteiger partial charge on any atom is 0.251 e. The minimum atomic E-state index is -0.755. The first kappa shape index (κ1) is 17.4. The van der Waals surface area contributed by atoms with E-state index < -0.39 is 11.9 Å². The number of carbonyl (C=O) groups is 2. The minimum absolute atomic E-state index is 0.305. The van der Waals surface area contributed by atoms with E-state index in [-0.39, 0.29) is 5.91 Å². The highest BCUT2D eigenvalue weighted by Crippen LogP contribution is 2.17. The number of nitrogens with two attached hydrogens (primary N) is 1. The maximum atomic E-state index is 12.6. The monoisotopic (exact) mass is 444 g/mol. The minimum Gasteiger partial charge on any atom is -0.368 e. The van der Waals surface area contributed by atoms with Gasteiger partial charge in [0.25, 0.3) is 5.91 Å². The Labute approximate surface area is 159 Å². The molecule has 0 aliphatic rings. The maximum absolute atomic E-state index is 12.6. The molecule has 0 bridgehead atoms. The van der Waals surface area contributed by atoms with E-state index in [1.165, 1.54) is 0 Å². The molecule has 4 nitrogen and oxygen atoms in total. The van der Waals surface area contributed by atoms with Crippen molar-refractivity contribution in [2.24, 2.45) is 5.73 Å². The Morgan fingerprint density at radius 3 is 2.36 bits per heavy atom. The number of amides is 2. The summed E-state index contributed by atoms with van der Waals surface area (Å²) in [6.45, 7) is 0. The molecular weight excluding hydrogens is 427 g/mol. The molecule has 3 aromatic carbocycles. The van der Waals surface area contributed by atoms with Crippen LogP contribution in [0.3, 0.4) is 0 Å². The molecule has 5 heteroatoms. The van der Waals surface area contributed by atoms with Crippen LogP contribution >= 0.6 is 22.6 Å². The van der Waals surface area contributed by atoms with Crippen molar-refractivity contribution in [3.8, 4) is 0 Å². The molecule has 126 valence electrons. The van der Waals surface area contributed by atoms with Crippen molar-refractivity contribution < 1.29 is 9.59 Å². The van der Waals surface area contributed by atoms with E-state index in [0.717, 1.165) is 19.9 Å². The van der Waals surface area contributed by atoms with Gasteiger partial charge in [0.05, 0.1) is 0 Å². The van der Waals surface area contributed by atoms with Crippen molar-refractivity contribution in [1.29, 1.82) is 0 Å². The van der Waals surface area contributed by atoms with E-state index in [2.05, 4.69) is 27.9 Å². The summed E-state index contributed by atoms with van der Waals surface area (Å²) >= 11 is 2.21. The smallest absolute Gasteiger partial charge is 0.251 e. The number of primary amides is 1. The van der Waals surface area contributed by atoms with Crippen molar-refractivity contribution in [2.45, 2.75) is 12.5 Å². The summed E-state index contributed by atoms with van der Waals surface area (Å²) in [5, 5.41) is 4.79. The number of carbonyl (C=O) groups excluding carboxylic acids is 2. The van der Waals surface area contributed by atoms with Gasteiger partial charge in [-0.15, -0.1) is 0 Å². The van der Waals surface area contributed by atoms with Crippen molar-refractivity contribution >= 4 is 45.2 Å². The summed E-state index contributed by atoms with van der Waals surface area (Å²) in [4.78, 5) is 24.4. The predicted octanol–water partition coefficient (Wildman–Crippen LogP) is 3.27. The Bertz CT molecular complexity index is 940. The average molecular weight is 444 g/mol. The van der Waals surface area contributed by atoms with Crippen LogP contribution in [0.15, 0.2) is 66.7 Å². The number of hydrogen-bond acceptors (Lipinski definition) is 2. The molecule has 3 aromatic rings. The Morgan fingerprint density at radius 1 is 0.960 bits per heavy atom. The lowest BCUT2D eigenvalue weighted by molar-refractivity contribution is -0.119. The van der Waals surface area contributed by atoms with Crippen molar-refractivity contribution in [2.75, 3.05) is 0 Å². The molecule has 0 saturated carbocycles. The van der Waals surface area contributed by atoms with E-state index in [1.54, 1.807) is 6.07 Å². The first-order valence-corrected chi connectivity index (χ1v) is 8.95. The summed E-state index contributed by atoms with van der Waals surface area (Å²) in [6, 6.07) is 20.2. The van der Waals surface area contributed by atoms with Crippen molar-refractivity contribution in [3.63, 3.8) is 0 Å². The third kappa shape index (κ3) is 4.17. The Kier molecular flexibility index (Phi) is 5.33. The number of fused-ring (bicyclic) bond motifs is 1. The summed E-state index contributed by atoms with van der Waals surface area (Å²) in [5.41, 5.74) is 6.98. The van der Waals surface area contributed by atoms with Crippen LogP contribution in [0.4, 0.5) is 0 Å². The summed E-state index contributed by atoms with van der Waals surface area (Å²) in [6.07, 6.45) is 0.369. The van der Waals surface area contributed by atoms with Crippen LogP contribution in [0.25, 0.3) is 10.8 Å². The molecule has 0 aliphatic carbocycles. The second-order valence-electron chi connectivity index (χ2n) is 5.79. The average Bonchev–Trinajstić information content (AvgIpc) is 2.62. The first-order chi connectivity index (χ1) is 12.0. The quantitative estimate of drug-likeness (QED) is 0.593. The zero-order chi connectivity index (χ0) is 17.8. The SMILES string of the molecule is NC(=O)[C@H](Cc1ccccc1I)NC(=O)c1ccc2ccccc2c1. The van der Waals surface area contributed by atoms with Gasteiger partial charge in [0.2, 0.25) is 5.91 Å². The molecule has 0 aromatic heterocycles. The molecule has 25 heavy (non-hydrogen) atoms. The number of benzene rings is 3. The lowest BCUT2D eigenvalue weighted by atomic mass is 10.0. The molecule has 0 spiro atoms. The normalized spacial score (nSPS) is 11.9. The lowest BCUT2D eigenvalue weighted by Gasteiger charge is -2.16. The van der Waals surface area contributed by atoms with Crippen molar-refractivity contribution in [1.82, 2.24) is 5.32 Å². The summed E-state index contributed by atoms with van der Waals surface area (Å²) in [5.74, 6) is -0.853. The molecule has 1 atom stereocenters. The van der Waals surface area contributed by atoms with Crippen LogP contribution in [0.1, 0.15) is 15.9 Å². The highest BCUT2D eigenvalue weighted by atomic mass is 127. The number of hydrogen-bond donors (Lipinski definition) is 2.